The van der Waals surface area contributed by atoms with Crippen LogP contribution in [0, 0.1) is 0 Å². The minimum absolute atomic E-state index is 0.0639. The number of carbonyl (C=O) groups excluding carboxylic acids is 1. The second-order valence-electron chi connectivity index (χ2n) is 8.35. The summed E-state index contributed by atoms with van der Waals surface area (Å²) in [6.07, 6.45) is 4.91. The number of benzene rings is 2. The Morgan fingerprint density at radius 1 is 1.03 bits per heavy atom. The van der Waals surface area contributed by atoms with Crippen LogP contribution in [-0.2, 0) is 6.42 Å². The van der Waals surface area contributed by atoms with Crippen molar-refractivity contribution in [3.8, 4) is 0 Å². The van der Waals surface area contributed by atoms with Gasteiger partial charge in [0.25, 0.3) is 5.91 Å². The Morgan fingerprint density at radius 2 is 1.74 bits per heavy atom. The summed E-state index contributed by atoms with van der Waals surface area (Å²) in [6, 6.07) is 23.1. The maximum atomic E-state index is 13.4. The van der Waals surface area contributed by atoms with E-state index in [-0.39, 0.29) is 23.3 Å². The largest absolute Gasteiger partial charge is 0.383 e. The van der Waals surface area contributed by atoms with Gasteiger partial charge in [0.1, 0.15) is 16.9 Å². The van der Waals surface area contributed by atoms with Crippen LogP contribution >= 0.6 is 0 Å². The SMILES string of the molecule is CC(CCc1ccccc1)NC(=O)c1c(N)n(N=Cc2ccccn2)c2nc3ccccc3nc12. The van der Waals surface area contributed by atoms with Crippen LogP contribution in [0.2, 0.25) is 0 Å². The minimum Gasteiger partial charge on any atom is -0.383 e. The monoisotopic (exact) mass is 463 g/mol. The van der Waals surface area contributed by atoms with Gasteiger partial charge in [-0.25, -0.2) is 9.97 Å². The molecule has 3 aromatic heterocycles. The van der Waals surface area contributed by atoms with Gasteiger partial charge in [0, 0.05) is 12.2 Å². The summed E-state index contributed by atoms with van der Waals surface area (Å²) in [5.74, 6) is -0.125. The van der Waals surface area contributed by atoms with E-state index in [4.69, 9.17) is 15.7 Å². The molecule has 5 aromatic rings. The number of nitrogens with two attached hydrogens (primary N) is 1. The van der Waals surface area contributed by atoms with E-state index in [9.17, 15) is 4.79 Å². The summed E-state index contributed by atoms with van der Waals surface area (Å²) in [5.41, 5.74) is 10.8. The molecule has 1 atom stereocenters. The summed E-state index contributed by atoms with van der Waals surface area (Å²) in [5, 5.41) is 7.56. The minimum atomic E-state index is -0.301. The molecule has 1 unspecified atom stereocenters. The third-order valence-corrected chi connectivity index (χ3v) is 5.78. The summed E-state index contributed by atoms with van der Waals surface area (Å²) in [6.45, 7) is 1.98. The number of nitrogens with one attached hydrogen (secondary N) is 1. The predicted octanol–water partition coefficient (Wildman–Crippen LogP) is 4.20. The van der Waals surface area contributed by atoms with E-state index >= 15 is 0 Å². The van der Waals surface area contributed by atoms with Crippen molar-refractivity contribution in [1.29, 1.82) is 0 Å². The van der Waals surface area contributed by atoms with Crippen molar-refractivity contribution in [2.45, 2.75) is 25.8 Å². The fraction of sp³-hybridized carbons (Fsp3) is 0.148. The van der Waals surface area contributed by atoms with Gasteiger partial charge in [0.15, 0.2) is 5.65 Å². The van der Waals surface area contributed by atoms with Crippen molar-refractivity contribution < 1.29 is 4.79 Å². The number of fused-ring (bicyclic) bond motifs is 2. The van der Waals surface area contributed by atoms with Gasteiger partial charge in [0.2, 0.25) is 0 Å². The number of aromatic nitrogens is 4. The van der Waals surface area contributed by atoms with E-state index in [1.54, 1.807) is 12.4 Å². The molecule has 5 rings (SSSR count). The van der Waals surface area contributed by atoms with Gasteiger partial charge in [-0.15, -0.1) is 0 Å². The van der Waals surface area contributed by atoms with E-state index < -0.39 is 0 Å². The van der Waals surface area contributed by atoms with Gasteiger partial charge in [-0.2, -0.15) is 9.78 Å². The van der Waals surface area contributed by atoms with Crippen LogP contribution in [0.25, 0.3) is 22.2 Å². The number of rotatable bonds is 7. The van der Waals surface area contributed by atoms with Crippen molar-refractivity contribution in [1.82, 2.24) is 24.9 Å². The van der Waals surface area contributed by atoms with Crippen LogP contribution < -0.4 is 11.1 Å². The fourth-order valence-electron chi connectivity index (χ4n) is 3.95. The molecular formula is C27H25N7O. The van der Waals surface area contributed by atoms with E-state index in [0.717, 1.165) is 12.8 Å². The van der Waals surface area contributed by atoms with Gasteiger partial charge in [0.05, 0.1) is 22.9 Å². The highest BCUT2D eigenvalue weighted by molar-refractivity contribution is 6.10. The molecule has 0 aliphatic carbocycles. The first-order chi connectivity index (χ1) is 17.1. The van der Waals surface area contributed by atoms with Crippen molar-refractivity contribution in [2.24, 2.45) is 5.10 Å². The molecule has 174 valence electrons. The summed E-state index contributed by atoms with van der Waals surface area (Å²) >= 11 is 0. The lowest BCUT2D eigenvalue weighted by molar-refractivity contribution is 0.0940. The molecule has 2 aromatic carbocycles. The van der Waals surface area contributed by atoms with Crippen LogP contribution in [0.5, 0.6) is 0 Å². The Bertz CT molecular complexity index is 1510. The van der Waals surface area contributed by atoms with Gasteiger partial charge in [-0.05, 0) is 49.6 Å². The fourth-order valence-corrected chi connectivity index (χ4v) is 3.95. The normalized spacial score (nSPS) is 12.4. The molecule has 1 amide bonds. The molecule has 0 spiro atoms. The molecule has 35 heavy (non-hydrogen) atoms. The van der Waals surface area contributed by atoms with Crippen LogP contribution in [-0.4, -0.2) is 37.8 Å². The van der Waals surface area contributed by atoms with Gasteiger partial charge >= 0.3 is 0 Å². The van der Waals surface area contributed by atoms with E-state index in [1.807, 2.05) is 67.6 Å². The maximum absolute atomic E-state index is 13.4. The number of hydrogen-bond acceptors (Lipinski definition) is 6. The highest BCUT2D eigenvalue weighted by atomic mass is 16.1. The van der Waals surface area contributed by atoms with Crippen LogP contribution in [0.3, 0.4) is 0 Å². The Morgan fingerprint density at radius 3 is 2.49 bits per heavy atom. The molecule has 0 bridgehead atoms. The molecule has 3 heterocycles. The molecule has 0 aliphatic heterocycles. The van der Waals surface area contributed by atoms with E-state index in [1.165, 1.54) is 10.2 Å². The highest BCUT2D eigenvalue weighted by Gasteiger charge is 2.25. The first-order valence-electron chi connectivity index (χ1n) is 11.5. The molecular weight excluding hydrogens is 438 g/mol. The average Bonchev–Trinajstić information content (AvgIpc) is 3.16. The summed E-state index contributed by atoms with van der Waals surface area (Å²) < 4.78 is 1.45. The first-order valence-corrected chi connectivity index (χ1v) is 11.5. The third kappa shape index (κ3) is 4.72. The molecule has 0 radical (unpaired) electrons. The third-order valence-electron chi connectivity index (χ3n) is 5.78. The average molecular weight is 464 g/mol. The van der Waals surface area contributed by atoms with Crippen LogP contribution in [0.4, 0.5) is 5.82 Å². The second kappa shape index (κ2) is 9.72. The van der Waals surface area contributed by atoms with Crippen LogP contribution in [0.15, 0.2) is 84.1 Å². The number of carbonyl (C=O) groups is 1. The van der Waals surface area contributed by atoms with E-state index in [0.29, 0.717) is 27.9 Å². The Labute approximate surface area is 202 Å². The maximum Gasteiger partial charge on any atom is 0.257 e. The first kappa shape index (κ1) is 22.2. The van der Waals surface area contributed by atoms with Crippen molar-refractivity contribution in [3.63, 3.8) is 0 Å². The molecule has 0 saturated carbocycles. The molecule has 0 saturated heterocycles. The number of anilines is 1. The Kier molecular flexibility index (Phi) is 6.17. The number of pyridine rings is 1. The molecule has 3 N–H and O–H groups in total. The Hall–Kier alpha value is -4.59. The number of aryl methyl sites for hydroxylation is 1. The van der Waals surface area contributed by atoms with Gasteiger partial charge < -0.3 is 11.1 Å². The lowest BCUT2D eigenvalue weighted by atomic mass is 10.1. The molecule has 0 fully saturated rings. The van der Waals surface area contributed by atoms with Gasteiger partial charge in [-0.3, -0.25) is 9.78 Å². The standard InChI is InChI=1S/C27H25N7O/c1-18(14-15-19-9-3-2-4-10-19)31-27(35)23-24-26(33-22-13-6-5-12-21(22)32-24)34(25(23)28)30-17-20-11-7-8-16-29-20/h2-13,16-18H,14-15,28H2,1H3,(H,31,35). The summed E-state index contributed by atoms with van der Waals surface area (Å²) in [7, 11) is 0. The predicted molar refractivity (Wildman–Crippen MR) is 138 cm³/mol. The summed E-state index contributed by atoms with van der Waals surface area (Å²) in [4.78, 5) is 27.1. The van der Waals surface area contributed by atoms with Crippen molar-refractivity contribution in [2.75, 3.05) is 5.73 Å². The number of amides is 1. The second-order valence-corrected chi connectivity index (χ2v) is 8.35. The molecule has 0 aliphatic rings. The zero-order chi connectivity index (χ0) is 24.2. The topological polar surface area (TPSA) is 111 Å². The lowest BCUT2D eigenvalue weighted by Gasteiger charge is -2.14. The van der Waals surface area contributed by atoms with Crippen LogP contribution in [0.1, 0.15) is 35.0 Å². The van der Waals surface area contributed by atoms with Crippen molar-refractivity contribution >= 4 is 40.1 Å². The zero-order valence-electron chi connectivity index (χ0n) is 19.3. The number of nitrogens with zero attached hydrogens (tertiary/aromatic N) is 5. The number of para-hydroxylation sites is 2. The highest BCUT2D eigenvalue weighted by Crippen LogP contribution is 2.28. The smallest absolute Gasteiger partial charge is 0.257 e. The van der Waals surface area contributed by atoms with Gasteiger partial charge in [-0.1, -0.05) is 48.5 Å². The Balaban J connectivity index is 1.50. The zero-order valence-corrected chi connectivity index (χ0v) is 19.3. The molecule has 8 heteroatoms. The number of hydrogen-bond donors (Lipinski definition) is 2. The number of nitrogen functional groups attached to an aromatic ring is 1. The lowest BCUT2D eigenvalue weighted by Crippen LogP contribution is -2.33. The van der Waals surface area contributed by atoms with Crippen molar-refractivity contribution in [3.05, 3.63) is 95.8 Å². The van der Waals surface area contributed by atoms with E-state index in [2.05, 4.69) is 27.5 Å². The molecule has 8 nitrogen and oxygen atoms in total. The quantitative estimate of drug-likeness (QED) is 0.352.